The van der Waals surface area contributed by atoms with Gasteiger partial charge in [-0.2, -0.15) is 0 Å². The number of nitrogen functional groups attached to an aromatic ring is 2. The van der Waals surface area contributed by atoms with E-state index >= 15 is 0 Å². The fourth-order valence-electron chi connectivity index (χ4n) is 5.46. The zero-order valence-corrected chi connectivity index (χ0v) is 19.7. The summed E-state index contributed by atoms with van der Waals surface area (Å²) >= 11 is 0. The van der Waals surface area contributed by atoms with Crippen molar-refractivity contribution in [2.75, 3.05) is 11.5 Å². The molecule has 36 heavy (non-hydrogen) atoms. The molecule has 7 aromatic rings. The van der Waals surface area contributed by atoms with E-state index in [0.29, 0.717) is 0 Å². The van der Waals surface area contributed by atoms with E-state index in [4.69, 9.17) is 11.5 Å². The van der Waals surface area contributed by atoms with Gasteiger partial charge in [0.05, 0.1) is 0 Å². The molecule has 0 aliphatic heterocycles. The molecule has 0 radical (unpaired) electrons. The first kappa shape index (κ1) is 20.5. The monoisotopic (exact) mass is 460 g/mol. The van der Waals surface area contributed by atoms with Gasteiger partial charge in [0, 0.05) is 11.4 Å². The maximum absolute atomic E-state index is 6.31. The largest absolute Gasteiger partial charge is 0.399 e. The van der Waals surface area contributed by atoms with Crippen molar-refractivity contribution in [1.82, 2.24) is 0 Å². The van der Waals surface area contributed by atoms with E-state index < -0.39 is 0 Å². The van der Waals surface area contributed by atoms with Gasteiger partial charge in [0.1, 0.15) is 0 Å². The van der Waals surface area contributed by atoms with Crippen LogP contribution in [0, 0.1) is 0 Å². The summed E-state index contributed by atoms with van der Waals surface area (Å²) in [5, 5.41) is 9.98. The number of rotatable bonds is 2. The number of anilines is 2. The van der Waals surface area contributed by atoms with Crippen LogP contribution >= 0.6 is 0 Å². The summed E-state index contributed by atoms with van der Waals surface area (Å²) in [5.74, 6) is 0. The lowest BCUT2D eigenvalue weighted by Crippen LogP contribution is -1.92. The minimum absolute atomic E-state index is 0.749. The molecule has 4 N–H and O–H groups in total. The average Bonchev–Trinajstić information content (AvgIpc) is 2.91. The van der Waals surface area contributed by atoms with Gasteiger partial charge in [0.15, 0.2) is 0 Å². The number of hydrogen-bond donors (Lipinski definition) is 2. The second-order valence-electron chi connectivity index (χ2n) is 9.51. The first-order chi connectivity index (χ1) is 17.6. The Bertz CT molecular complexity index is 1950. The van der Waals surface area contributed by atoms with Crippen LogP contribution < -0.4 is 11.5 Å². The Labute approximate surface area is 209 Å². The van der Waals surface area contributed by atoms with Crippen molar-refractivity contribution in [2.45, 2.75) is 0 Å². The molecular formula is C34H24N2. The van der Waals surface area contributed by atoms with Gasteiger partial charge in [-0.25, -0.2) is 0 Å². The number of hydrogen-bond acceptors (Lipinski definition) is 2. The standard InChI is InChI=1S/C34H24N2/c35-27-12-10-21(11-13-27)29-15-14-28(36)19-34(29)30-7-3-6-24-17-26-9-8-25-16-22-4-1-2-5-23(22)18-31(25)33(26)20-32(24)30/h1-20H,35-36H2. The molecule has 0 aromatic heterocycles. The topological polar surface area (TPSA) is 52.0 Å². The molecule has 0 spiro atoms. The van der Waals surface area contributed by atoms with Gasteiger partial charge in [0.25, 0.3) is 0 Å². The molecule has 0 bridgehead atoms. The van der Waals surface area contributed by atoms with Gasteiger partial charge in [-0.05, 0) is 114 Å². The SMILES string of the molecule is Nc1ccc(-c2ccc(N)cc2-c2cccc3cc4ccc5cc6ccccc6cc5c4cc23)cc1. The van der Waals surface area contributed by atoms with Crippen LogP contribution in [0.2, 0.25) is 0 Å². The number of fused-ring (bicyclic) bond motifs is 5. The van der Waals surface area contributed by atoms with Crippen molar-refractivity contribution in [3.05, 3.63) is 121 Å². The van der Waals surface area contributed by atoms with E-state index in [1.807, 2.05) is 18.2 Å². The zero-order valence-electron chi connectivity index (χ0n) is 19.7. The van der Waals surface area contributed by atoms with Gasteiger partial charge in [-0.3, -0.25) is 0 Å². The summed E-state index contributed by atoms with van der Waals surface area (Å²) in [4.78, 5) is 0. The van der Waals surface area contributed by atoms with Gasteiger partial charge in [-0.1, -0.05) is 72.8 Å². The number of benzene rings is 7. The fraction of sp³-hybridized carbons (Fsp3) is 0. The summed E-state index contributed by atoms with van der Waals surface area (Å²) in [6.07, 6.45) is 0. The number of nitrogens with two attached hydrogens (primary N) is 2. The third-order valence-electron chi connectivity index (χ3n) is 7.26. The quantitative estimate of drug-likeness (QED) is 0.154. The predicted molar refractivity (Wildman–Crippen MR) is 156 cm³/mol. The highest BCUT2D eigenvalue weighted by atomic mass is 14.5. The molecule has 0 saturated carbocycles. The Hall–Kier alpha value is -4.82. The van der Waals surface area contributed by atoms with E-state index in [1.165, 1.54) is 48.7 Å². The summed E-state index contributed by atoms with van der Waals surface area (Å²) in [7, 11) is 0. The highest BCUT2D eigenvalue weighted by molar-refractivity contribution is 6.17. The molecule has 0 saturated heterocycles. The molecule has 0 aliphatic rings. The van der Waals surface area contributed by atoms with E-state index in [2.05, 4.69) is 103 Å². The van der Waals surface area contributed by atoms with Gasteiger partial charge >= 0.3 is 0 Å². The molecule has 7 rings (SSSR count). The van der Waals surface area contributed by atoms with E-state index in [0.717, 1.165) is 28.1 Å². The molecule has 0 amide bonds. The van der Waals surface area contributed by atoms with Gasteiger partial charge in [0.2, 0.25) is 0 Å². The van der Waals surface area contributed by atoms with Crippen LogP contribution in [0.15, 0.2) is 121 Å². The Morgan fingerprint density at radius 3 is 1.72 bits per heavy atom. The maximum atomic E-state index is 6.31. The Morgan fingerprint density at radius 2 is 0.944 bits per heavy atom. The van der Waals surface area contributed by atoms with Crippen LogP contribution in [0.1, 0.15) is 0 Å². The maximum Gasteiger partial charge on any atom is 0.0320 e. The fourth-order valence-corrected chi connectivity index (χ4v) is 5.46. The van der Waals surface area contributed by atoms with E-state index in [1.54, 1.807) is 0 Å². The average molecular weight is 461 g/mol. The highest BCUT2D eigenvalue weighted by Crippen LogP contribution is 2.40. The summed E-state index contributed by atoms with van der Waals surface area (Å²) in [6, 6.07) is 43.0. The van der Waals surface area contributed by atoms with E-state index in [-0.39, 0.29) is 0 Å². The first-order valence-corrected chi connectivity index (χ1v) is 12.2. The second-order valence-corrected chi connectivity index (χ2v) is 9.51. The third kappa shape index (κ3) is 3.27. The highest BCUT2D eigenvalue weighted by Gasteiger charge is 2.13. The first-order valence-electron chi connectivity index (χ1n) is 12.2. The third-order valence-corrected chi connectivity index (χ3v) is 7.26. The smallest absolute Gasteiger partial charge is 0.0320 e. The summed E-state index contributed by atoms with van der Waals surface area (Å²) < 4.78 is 0. The van der Waals surface area contributed by atoms with Crippen LogP contribution in [-0.2, 0) is 0 Å². The second kappa shape index (κ2) is 7.86. The lowest BCUT2D eigenvalue weighted by atomic mass is 9.89. The van der Waals surface area contributed by atoms with Crippen molar-refractivity contribution >= 4 is 54.5 Å². The minimum Gasteiger partial charge on any atom is -0.399 e. The van der Waals surface area contributed by atoms with Crippen LogP contribution in [0.3, 0.4) is 0 Å². The Balaban J connectivity index is 1.54. The van der Waals surface area contributed by atoms with Crippen molar-refractivity contribution in [1.29, 1.82) is 0 Å². The van der Waals surface area contributed by atoms with E-state index in [9.17, 15) is 0 Å². The molecule has 2 nitrogen and oxygen atoms in total. The van der Waals surface area contributed by atoms with Crippen molar-refractivity contribution in [3.63, 3.8) is 0 Å². The molecule has 0 unspecified atom stereocenters. The van der Waals surface area contributed by atoms with Crippen molar-refractivity contribution < 1.29 is 0 Å². The zero-order chi connectivity index (χ0) is 24.2. The molecule has 7 aromatic carbocycles. The summed E-state index contributed by atoms with van der Waals surface area (Å²) in [6.45, 7) is 0. The van der Waals surface area contributed by atoms with Crippen LogP contribution in [0.25, 0.3) is 65.3 Å². The molecule has 0 aliphatic carbocycles. The molecule has 0 atom stereocenters. The summed E-state index contributed by atoms with van der Waals surface area (Å²) in [5.41, 5.74) is 18.3. The van der Waals surface area contributed by atoms with Crippen molar-refractivity contribution in [2.24, 2.45) is 0 Å². The minimum atomic E-state index is 0.749. The lowest BCUT2D eigenvalue weighted by molar-refractivity contribution is 1.59. The predicted octanol–water partition coefficient (Wildman–Crippen LogP) is 8.80. The van der Waals surface area contributed by atoms with Crippen LogP contribution in [0.4, 0.5) is 11.4 Å². The van der Waals surface area contributed by atoms with Gasteiger partial charge in [-0.15, -0.1) is 0 Å². The van der Waals surface area contributed by atoms with Gasteiger partial charge < -0.3 is 11.5 Å². The Kier molecular flexibility index (Phi) is 4.49. The lowest BCUT2D eigenvalue weighted by Gasteiger charge is -2.15. The van der Waals surface area contributed by atoms with Crippen LogP contribution in [-0.4, -0.2) is 0 Å². The molecule has 2 heteroatoms. The molecular weight excluding hydrogens is 436 g/mol. The molecule has 0 fully saturated rings. The van der Waals surface area contributed by atoms with Crippen molar-refractivity contribution in [3.8, 4) is 22.3 Å². The normalized spacial score (nSPS) is 11.6. The van der Waals surface area contributed by atoms with Crippen LogP contribution in [0.5, 0.6) is 0 Å². The molecule has 0 heterocycles. The Morgan fingerprint density at radius 1 is 0.333 bits per heavy atom. The molecule has 170 valence electrons.